The molecular formula is C12H15NO3S2. The fourth-order valence-corrected chi connectivity index (χ4v) is 5.32. The molecule has 18 heavy (non-hydrogen) atoms. The quantitative estimate of drug-likeness (QED) is 0.790. The average Bonchev–Trinajstić information content (AvgIpc) is 2.90. The number of hydrogen-bond acceptors (Lipinski definition) is 4. The van der Waals surface area contributed by atoms with Crippen molar-refractivity contribution in [3.05, 3.63) is 21.4 Å². The van der Waals surface area contributed by atoms with Gasteiger partial charge in [0.05, 0.1) is 10.6 Å². The number of amides is 1. The van der Waals surface area contributed by atoms with Crippen molar-refractivity contribution in [3.63, 3.8) is 0 Å². The smallest absolute Gasteiger partial charge is 0.267 e. The van der Waals surface area contributed by atoms with Crippen LogP contribution in [0.3, 0.4) is 0 Å². The molecule has 2 heterocycles. The van der Waals surface area contributed by atoms with Crippen molar-refractivity contribution in [2.75, 3.05) is 12.3 Å². The predicted octanol–water partition coefficient (Wildman–Crippen LogP) is 1.80. The first-order valence-corrected chi connectivity index (χ1v) is 8.67. The number of hydrogen-bond donors (Lipinski definition) is 0. The third kappa shape index (κ3) is 1.97. The zero-order valence-corrected chi connectivity index (χ0v) is 11.6. The van der Waals surface area contributed by atoms with Crippen molar-refractivity contribution < 1.29 is 13.2 Å². The summed E-state index contributed by atoms with van der Waals surface area (Å²) in [6.07, 6.45) is 4.94. The highest BCUT2D eigenvalue weighted by atomic mass is 32.2. The van der Waals surface area contributed by atoms with Crippen molar-refractivity contribution in [2.24, 2.45) is 0 Å². The van der Waals surface area contributed by atoms with E-state index < -0.39 is 10.0 Å². The van der Waals surface area contributed by atoms with Gasteiger partial charge in [0.15, 0.2) is 0 Å². The van der Waals surface area contributed by atoms with Crippen LogP contribution in [0.5, 0.6) is 0 Å². The van der Waals surface area contributed by atoms with Gasteiger partial charge in [-0.3, -0.25) is 4.79 Å². The van der Waals surface area contributed by atoms with Crippen LogP contribution in [0.4, 0.5) is 0 Å². The van der Waals surface area contributed by atoms with Gasteiger partial charge in [-0.25, -0.2) is 12.7 Å². The summed E-state index contributed by atoms with van der Waals surface area (Å²) in [5.41, 5.74) is 1.24. The number of aryl methyl sites for hydroxylation is 2. The van der Waals surface area contributed by atoms with Crippen molar-refractivity contribution in [1.29, 1.82) is 0 Å². The number of thiophene rings is 1. The van der Waals surface area contributed by atoms with Crippen LogP contribution in [0.2, 0.25) is 0 Å². The molecule has 1 aromatic rings. The standard InChI is InChI=1S/C12H15NO3S2/c14-12(13-6-3-7-18(13,15)16)11-8-9-4-1-2-5-10(9)17-11/h8H,1-7H2. The van der Waals surface area contributed by atoms with E-state index >= 15 is 0 Å². The number of nitrogens with zero attached hydrogens (tertiary/aromatic N) is 1. The molecule has 0 atom stereocenters. The summed E-state index contributed by atoms with van der Waals surface area (Å²) in [7, 11) is -3.35. The van der Waals surface area contributed by atoms with Gasteiger partial charge in [0, 0.05) is 11.4 Å². The third-order valence-electron chi connectivity index (χ3n) is 3.53. The van der Waals surface area contributed by atoms with Crippen molar-refractivity contribution in [2.45, 2.75) is 32.1 Å². The third-order valence-corrected chi connectivity index (χ3v) is 6.58. The molecule has 1 aliphatic heterocycles. The molecule has 98 valence electrons. The number of carbonyl (C=O) groups is 1. The van der Waals surface area contributed by atoms with Crippen LogP contribution < -0.4 is 0 Å². The molecule has 4 nitrogen and oxygen atoms in total. The maximum absolute atomic E-state index is 12.2. The number of rotatable bonds is 1. The molecule has 0 aromatic carbocycles. The van der Waals surface area contributed by atoms with E-state index in [2.05, 4.69) is 0 Å². The second-order valence-electron chi connectivity index (χ2n) is 4.81. The van der Waals surface area contributed by atoms with E-state index in [1.54, 1.807) is 0 Å². The normalized spacial score (nSPS) is 21.9. The minimum atomic E-state index is -3.35. The lowest BCUT2D eigenvalue weighted by atomic mass is 9.99. The summed E-state index contributed by atoms with van der Waals surface area (Å²) < 4.78 is 24.5. The fraction of sp³-hybridized carbons (Fsp3) is 0.583. The van der Waals surface area contributed by atoms with Crippen molar-refractivity contribution >= 4 is 27.3 Å². The first-order chi connectivity index (χ1) is 8.58. The van der Waals surface area contributed by atoms with Crippen molar-refractivity contribution in [1.82, 2.24) is 4.31 Å². The molecule has 6 heteroatoms. The predicted molar refractivity (Wildman–Crippen MR) is 70.4 cm³/mol. The molecule has 1 amide bonds. The van der Waals surface area contributed by atoms with E-state index in [0.717, 1.165) is 17.1 Å². The fourth-order valence-electron chi connectivity index (χ4n) is 2.59. The molecular weight excluding hydrogens is 270 g/mol. The molecule has 0 saturated carbocycles. The highest BCUT2D eigenvalue weighted by molar-refractivity contribution is 7.89. The SMILES string of the molecule is O=C(c1cc2c(s1)CCCC2)N1CCCS1(=O)=O. The van der Waals surface area contributed by atoms with Gasteiger partial charge in [-0.2, -0.15) is 0 Å². The van der Waals surface area contributed by atoms with Gasteiger partial charge in [0.2, 0.25) is 10.0 Å². The molecule has 1 aromatic heterocycles. The summed E-state index contributed by atoms with van der Waals surface area (Å²) in [5.74, 6) is -0.226. The molecule has 1 fully saturated rings. The van der Waals surface area contributed by atoms with Crippen LogP contribution in [0.15, 0.2) is 6.07 Å². The van der Waals surface area contributed by atoms with Crippen LogP contribution >= 0.6 is 11.3 Å². The summed E-state index contributed by atoms with van der Waals surface area (Å²) >= 11 is 1.48. The minimum Gasteiger partial charge on any atom is -0.267 e. The Balaban J connectivity index is 1.91. The molecule has 0 N–H and O–H groups in total. The van der Waals surface area contributed by atoms with Gasteiger partial charge in [0.1, 0.15) is 0 Å². The van der Waals surface area contributed by atoms with Gasteiger partial charge in [-0.15, -0.1) is 11.3 Å². The van der Waals surface area contributed by atoms with E-state index in [0.29, 0.717) is 17.8 Å². The first-order valence-electron chi connectivity index (χ1n) is 6.24. The van der Waals surface area contributed by atoms with Crippen LogP contribution in [0, 0.1) is 0 Å². The molecule has 0 spiro atoms. The number of carbonyl (C=O) groups excluding carboxylic acids is 1. The van der Waals surface area contributed by atoms with Crippen LogP contribution in [0.25, 0.3) is 0 Å². The molecule has 0 bridgehead atoms. The Morgan fingerprint density at radius 3 is 2.67 bits per heavy atom. The second kappa shape index (κ2) is 4.35. The molecule has 3 rings (SSSR count). The summed E-state index contributed by atoms with van der Waals surface area (Å²) in [6, 6.07) is 1.90. The Labute approximate surface area is 111 Å². The lowest BCUT2D eigenvalue weighted by molar-refractivity contribution is 0.0874. The largest absolute Gasteiger partial charge is 0.277 e. The number of fused-ring (bicyclic) bond motifs is 1. The Kier molecular flexibility index (Phi) is 2.94. The maximum atomic E-state index is 12.2. The Morgan fingerprint density at radius 1 is 1.22 bits per heavy atom. The molecule has 1 saturated heterocycles. The lowest BCUT2D eigenvalue weighted by Gasteiger charge is -2.12. The Hall–Kier alpha value is -0.880. The summed E-state index contributed by atoms with van der Waals surface area (Å²) in [4.78, 5) is 14.1. The average molecular weight is 285 g/mol. The summed E-state index contributed by atoms with van der Waals surface area (Å²) in [6.45, 7) is 0.337. The Morgan fingerprint density at radius 2 is 2.00 bits per heavy atom. The minimum absolute atomic E-state index is 0.101. The van der Waals surface area contributed by atoms with E-state index in [9.17, 15) is 13.2 Å². The molecule has 0 radical (unpaired) electrons. The van der Waals surface area contributed by atoms with Gasteiger partial charge in [0.25, 0.3) is 5.91 Å². The van der Waals surface area contributed by atoms with Crippen molar-refractivity contribution in [3.8, 4) is 0 Å². The van der Waals surface area contributed by atoms with E-state index in [1.165, 1.54) is 34.6 Å². The molecule has 1 aliphatic carbocycles. The maximum Gasteiger partial charge on any atom is 0.277 e. The van der Waals surface area contributed by atoms with Gasteiger partial charge >= 0.3 is 0 Å². The van der Waals surface area contributed by atoms with Gasteiger partial charge < -0.3 is 0 Å². The topological polar surface area (TPSA) is 54.5 Å². The second-order valence-corrected chi connectivity index (χ2v) is 7.96. The van der Waals surface area contributed by atoms with Crippen LogP contribution in [-0.2, 0) is 22.9 Å². The molecule has 2 aliphatic rings. The van der Waals surface area contributed by atoms with Crippen LogP contribution in [0.1, 0.15) is 39.4 Å². The zero-order chi connectivity index (χ0) is 12.8. The first kappa shape index (κ1) is 12.2. The van der Waals surface area contributed by atoms with E-state index in [4.69, 9.17) is 0 Å². The van der Waals surface area contributed by atoms with Gasteiger partial charge in [-0.05, 0) is 43.7 Å². The van der Waals surface area contributed by atoms with Crippen LogP contribution in [-0.4, -0.2) is 30.9 Å². The van der Waals surface area contributed by atoms with E-state index in [1.807, 2.05) is 6.07 Å². The highest BCUT2D eigenvalue weighted by Crippen LogP contribution is 2.31. The molecule has 0 unspecified atom stereocenters. The van der Waals surface area contributed by atoms with Gasteiger partial charge in [-0.1, -0.05) is 0 Å². The lowest BCUT2D eigenvalue weighted by Crippen LogP contribution is -2.31. The number of sulfonamides is 1. The highest BCUT2D eigenvalue weighted by Gasteiger charge is 2.34. The van der Waals surface area contributed by atoms with E-state index in [-0.39, 0.29) is 11.7 Å². The summed E-state index contributed by atoms with van der Waals surface area (Å²) in [5, 5.41) is 0. The Bertz CT molecular complexity index is 565. The zero-order valence-electron chi connectivity index (χ0n) is 10.0. The monoisotopic (exact) mass is 285 g/mol.